The summed E-state index contributed by atoms with van der Waals surface area (Å²) in [6.45, 7) is 1.69. The van der Waals surface area contributed by atoms with Gasteiger partial charge in [0.25, 0.3) is 5.69 Å². The average molecular weight is 272 g/mol. The highest BCUT2D eigenvalue weighted by Gasteiger charge is 2.22. The normalized spacial score (nSPS) is 16.3. The van der Waals surface area contributed by atoms with Crippen LogP contribution >= 0.6 is 0 Å². The van der Waals surface area contributed by atoms with E-state index in [0.29, 0.717) is 25.8 Å². The second-order valence-electron chi connectivity index (χ2n) is 4.48. The van der Waals surface area contributed by atoms with E-state index in [1.807, 2.05) is 0 Å². The van der Waals surface area contributed by atoms with Crippen LogP contribution in [0.1, 0.15) is 12.8 Å². The van der Waals surface area contributed by atoms with E-state index >= 15 is 0 Å². The molecule has 7 heteroatoms. The zero-order valence-corrected chi connectivity index (χ0v) is 10.2. The van der Waals surface area contributed by atoms with Crippen LogP contribution in [0.15, 0.2) is 12.1 Å². The Kier molecular flexibility index (Phi) is 4.26. The minimum absolute atomic E-state index is 0.252. The number of nitro benzene ring substituents is 1. The van der Waals surface area contributed by atoms with E-state index in [9.17, 15) is 18.9 Å². The molecule has 0 saturated carbocycles. The summed E-state index contributed by atoms with van der Waals surface area (Å²) in [5.74, 6) is -1.63. The van der Waals surface area contributed by atoms with E-state index in [-0.39, 0.29) is 11.6 Å². The lowest BCUT2D eigenvalue weighted by atomic mass is 10.0. The molecule has 0 amide bonds. The van der Waals surface area contributed by atoms with Crippen molar-refractivity contribution in [1.29, 1.82) is 0 Å². The Hall–Kier alpha value is -1.76. The van der Waals surface area contributed by atoms with Gasteiger partial charge in [-0.05, 0) is 18.8 Å². The second-order valence-corrected chi connectivity index (χ2v) is 4.48. The van der Waals surface area contributed by atoms with Crippen molar-refractivity contribution in [3.63, 3.8) is 0 Å². The lowest BCUT2D eigenvalue weighted by Crippen LogP contribution is -2.23. The highest BCUT2D eigenvalue weighted by molar-refractivity contribution is 5.62. The minimum atomic E-state index is -0.958. The molecule has 1 N–H and O–H groups in total. The van der Waals surface area contributed by atoms with Crippen LogP contribution < -0.4 is 5.32 Å². The van der Waals surface area contributed by atoms with Crippen LogP contribution in [0.3, 0.4) is 0 Å². The standard InChI is InChI=1S/C12H14F2N2O3/c13-9-5-10(14)12(11(6-9)16(17)18)15-7-8-1-3-19-4-2-8/h5-6,8,15H,1-4,7H2. The average Bonchev–Trinajstić information content (AvgIpc) is 2.38. The summed E-state index contributed by atoms with van der Waals surface area (Å²) in [7, 11) is 0. The minimum Gasteiger partial charge on any atom is -0.381 e. The molecule has 2 rings (SSSR count). The summed E-state index contributed by atoms with van der Waals surface area (Å²) in [5.41, 5.74) is -0.831. The maximum atomic E-state index is 13.6. The lowest BCUT2D eigenvalue weighted by Gasteiger charge is -2.22. The highest BCUT2D eigenvalue weighted by Crippen LogP contribution is 2.29. The van der Waals surface area contributed by atoms with Crippen molar-refractivity contribution in [2.24, 2.45) is 5.92 Å². The third-order valence-electron chi connectivity index (χ3n) is 3.14. The number of hydrogen-bond donors (Lipinski definition) is 1. The van der Waals surface area contributed by atoms with Gasteiger partial charge in [-0.15, -0.1) is 0 Å². The molecule has 0 unspecified atom stereocenters. The molecule has 0 spiro atoms. The third-order valence-corrected chi connectivity index (χ3v) is 3.14. The number of hydrogen-bond acceptors (Lipinski definition) is 4. The predicted molar refractivity (Wildman–Crippen MR) is 65.0 cm³/mol. The first kappa shape index (κ1) is 13.7. The number of nitrogens with one attached hydrogen (secondary N) is 1. The Bertz CT molecular complexity index is 476. The van der Waals surface area contributed by atoms with Crippen LogP contribution in [-0.4, -0.2) is 24.7 Å². The van der Waals surface area contributed by atoms with Crippen LogP contribution in [0.25, 0.3) is 0 Å². The zero-order valence-electron chi connectivity index (χ0n) is 10.2. The van der Waals surface area contributed by atoms with Crippen molar-refractivity contribution in [2.45, 2.75) is 12.8 Å². The fraction of sp³-hybridized carbons (Fsp3) is 0.500. The second kappa shape index (κ2) is 5.92. The summed E-state index contributed by atoms with van der Waals surface area (Å²) in [4.78, 5) is 10.00. The lowest BCUT2D eigenvalue weighted by molar-refractivity contribution is -0.384. The molecule has 1 aliphatic rings. The Labute approximate surface area is 108 Å². The van der Waals surface area contributed by atoms with Crippen molar-refractivity contribution in [3.8, 4) is 0 Å². The molecule has 19 heavy (non-hydrogen) atoms. The van der Waals surface area contributed by atoms with Crippen LogP contribution in [0.4, 0.5) is 20.2 Å². The molecule has 1 aromatic carbocycles. The van der Waals surface area contributed by atoms with E-state index in [1.54, 1.807) is 0 Å². The maximum absolute atomic E-state index is 13.6. The first-order valence-corrected chi connectivity index (χ1v) is 6.03. The topological polar surface area (TPSA) is 64.4 Å². The van der Waals surface area contributed by atoms with Gasteiger partial charge in [-0.25, -0.2) is 8.78 Å². The first-order chi connectivity index (χ1) is 9.08. The fourth-order valence-corrected chi connectivity index (χ4v) is 2.08. The number of rotatable bonds is 4. The van der Waals surface area contributed by atoms with Crippen molar-refractivity contribution in [2.75, 3.05) is 25.1 Å². The van der Waals surface area contributed by atoms with Gasteiger partial charge in [0.1, 0.15) is 11.5 Å². The summed E-state index contributed by atoms with van der Waals surface area (Å²) < 4.78 is 31.8. The van der Waals surface area contributed by atoms with Gasteiger partial charge in [0, 0.05) is 25.8 Å². The number of benzene rings is 1. The molecule has 0 aromatic heterocycles. The van der Waals surface area contributed by atoms with Crippen LogP contribution in [0.5, 0.6) is 0 Å². The molecule has 1 aliphatic heterocycles. The Morgan fingerprint density at radius 1 is 1.37 bits per heavy atom. The molecule has 5 nitrogen and oxygen atoms in total. The van der Waals surface area contributed by atoms with Crippen LogP contribution in [0.2, 0.25) is 0 Å². The van der Waals surface area contributed by atoms with Gasteiger partial charge in [-0.2, -0.15) is 0 Å². The smallest absolute Gasteiger partial charge is 0.298 e. The van der Waals surface area contributed by atoms with Gasteiger partial charge in [0.05, 0.1) is 11.0 Å². The predicted octanol–water partition coefficient (Wildman–Crippen LogP) is 2.71. The quantitative estimate of drug-likeness (QED) is 0.676. The monoisotopic (exact) mass is 272 g/mol. The third kappa shape index (κ3) is 3.37. The molecule has 1 aromatic rings. The van der Waals surface area contributed by atoms with Crippen molar-refractivity contribution >= 4 is 11.4 Å². The Morgan fingerprint density at radius 2 is 2.05 bits per heavy atom. The molecule has 1 fully saturated rings. The molecular weight excluding hydrogens is 258 g/mol. The van der Waals surface area contributed by atoms with Crippen LogP contribution in [-0.2, 0) is 4.74 Å². The molecule has 0 radical (unpaired) electrons. The number of ether oxygens (including phenoxy) is 1. The molecule has 0 atom stereocenters. The van der Waals surface area contributed by atoms with Gasteiger partial charge >= 0.3 is 0 Å². The van der Waals surface area contributed by atoms with Gasteiger partial charge in [0.15, 0.2) is 5.82 Å². The van der Waals surface area contributed by atoms with E-state index in [2.05, 4.69) is 5.32 Å². The fourth-order valence-electron chi connectivity index (χ4n) is 2.08. The summed E-state index contributed by atoms with van der Waals surface area (Å²) in [6.07, 6.45) is 1.65. The molecule has 1 heterocycles. The molecule has 1 saturated heterocycles. The SMILES string of the molecule is O=[N+]([O-])c1cc(F)cc(F)c1NCC1CCOCC1. The highest BCUT2D eigenvalue weighted by atomic mass is 19.1. The molecule has 0 bridgehead atoms. The van der Waals surface area contributed by atoms with E-state index in [1.165, 1.54) is 0 Å². The van der Waals surface area contributed by atoms with E-state index < -0.39 is 22.2 Å². The van der Waals surface area contributed by atoms with Crippen molar-refractivity contribution < 1.29 is 18.4 Å². The van der Waals surface area contributed by atoms with Gasteiger partial charge in [-0.3, -0.25) is 10.1 Å². The summed E-state index contributed by atoms with van der Waals surface area (Å²) >= 11 is 0. The number of nitro groups is 1. The van der Waals surface area contributed by atoms with E-state index in [4.69, 9.17) is 4.74 Å². The van der Waals surface area contributed by atoms with Gasteiger partial charge in [0.2, 0.25) is 0 Å². The maximum Gasteiger partial charge on any atom is 0.298 e. The van der Waals surface area contributed by atoms with Gasteiger partial charge in [-0.1, -0.05) is 0 Å². The van der Waals surface area contributed by atoms with E-state index in [0.717, 1.165) is 18.9 Å². The van der Waals surface area contributed by atoms with Crippen LogP contribution in [0, 0.1) is 27.7 Å². The molecule has 104 valence electrons. The number of halogens is 2. The summed E-state index contributed by atoms with van der Waals surface area (Å²) in [5, 5.41) is 13.5. The zero-order chi connectivity index (χ0) is 13.8. The summed E-state index contributed by atoms with van der Waals surface area (Å²) in [6, 6.07) is 1.36. The Morgan fingerprint density at radius 3 is 2.68 bits per heavy atom. The Balaban J connectivity index is 2.12. The largest absolute Gasteiger partial charge is 0.381 e. The van der Waals surface area contributed by atoms with Crippen molar-refractivity contribution in [1.82, 2.24) is 0 Å². The first-order valence-electron chi connectivity index (χ1n) is 6.03. The van der Waals surface area contributed by atoms with Gasteiger partial charge < -0.3 is 10.1 Å². The molecular formula is C12H14F2N2O3. The number of nitrogens with zero attached hydrogens (tertiary/aromatic N) is 1. The van der Waals surface area contributed by atoms with Crippen molar-refractivity contribution in [3.05, 3.63) is 33.9 Å². The number of anilines is 1. The molecule has 0 aliphatic carbocycles.